The molecule has 31 heavy (non-hydrogen) atoms. The monoisotopic (exact) mass is 458 g/mol. The fourth-order valence-corrected chi connectivity index (χ4v) is 4.17. The first-order chi connectivity index (χ1) is 14.6. The summed E-state index contributed by atoms with van der Waals surface area (Å²) >= 11 is 0. The van der Waals surface area contributed by atoms with Crippen LogP contribution in [-0.4, -0.2) is 35.6 Å². The number of aryl methyl sites for hydroxylation is 1. The van der Waals surface area contributed by atoms with Crippen LogP contribution in [-0.2, 0) is 20.7 Å². The normalized spacial score (nSPS) is 12.1. The maximum absolute atomic E-state index is 12.2. The first-order valence-electron chi connectivity index (χ1n) is 8.76. The lowest BCUT2D eigenvalue weighted by atomic mass is 10.1. The Morgan fingerprint density at radius 2 is 1.48 bits per heavy atom. The second kappa shape index (κ2) is 7.58. The maximum atomic E-state index is 12.2. The minimum Gasteiger partial charge on any atom is -0.352 e. The molecule has 0 bridgehead atoms. The molecule has 1 aliphatic heterocycles. The molecule has 3 aromatic carbocycles. The van der Waals surface area contributed by atoms with E-state index < -0.39 is 20.7 Å². The van der Waals surface area contributed by atoms with Gasteiger partial charge in [-0.1, -0.05) is 18.2 Å². The van der Waals surface area contributed by atoms with Crippen LogP contribution in [0.15, 0.2) is 53.4 Å². The number of nitrogens with zero attached hydrogens (tertiary/aromatic N) is 2. The molecule has 1 aromatic heterocycles. The van der Waals surface area contributed by atoms with E-state index in [-0.39, 0.29) is 16.1 Å². The van der Waals surface area contributed by atoms with E-state index in [0.29, 0.717) is 27.9 Å². The highest BCUT2D eigenvalue weighted by atomic mass is 32.2. The number of fused-ring (bicyclic) bond motifs is 4. The van der Waals surface area contributed by atoms with E-state index in [0.717, 1.165) is 11.3 Å². The van der Waals surface area contributed by atoms with Crippen LogP contribution >= 0.6 is 0 Å². The van der Waals surface area contributed by atoms with Crippen LogP contribution in [0.4, 0.5) is 22.7 Å². The Morgan fingerprint density at radius 3 is 2.13 bits per heavy atom. The van der Waals surface area contributed by atoms with Gasteiger partial charge in [0.2, 0.25) is 0 Å². The van der Waals surface area contributed by atoms with Crippen LogP contribution in [0.3, 0.4) is 0 Å². The summed E-state index contributed by atoms with van der Waals surface area (Å²) in [5, 5.41) is 6.34. The van der Waals surface area contributed by atoms with E-state index in [4.69, 9.17) is 12.6 Å². The lowest BCUT2D eigenvalue weighted by Crippen LogP contribution is -2.13. The van der Waals surface area contributed by atoms with Gasteiger partial charge in [-0.25, -0.2) is 9.97 Å². The fourth-order valence-electron chi connectivity index (χ4n) is 3.36. The largest absolute Gasteiger partial charge is 0.425 e. The van der Waals surface area contributed by atoms with Gasteiger partial charge in [0, 0.05) is 0 Å². The first-order valence-corrected chi connectivity index (χ1v) is 11.2. The van der Waals surface area contributed by atoms with Crippen molar-refractivity contribution in [2.75, 3.05) is 10.6 Å². The van der Waals surface area contributed by atoms with Gasteiger partial charge in [-0.3, -0.25) is 4.55 Å². The highest BCUT2D eigenvalue weighted by Crippen LogP contribution is 2.44. The van der Waals surface area contributed by atoms with Crippen molar-refractivity contribution in [2.45, 2.75) is 11.8 Å². The molecule has 5 rings (SSSR count). The van der Waals surface area contributed by atoms with Crippen molar-refractivity contribution in [2.24, 2.45) is 0 Å². The van der Waals surface area contributed by atoms with Crippen molar-refractivity contribution in [3.05, 3.63) is 54.1 Å². The van der Waals surface area contributed by atoms with Gasteiger partial charge in [-0.2, -0.15) is 8.42 Å². The van der Waals surface area contributed by atoms with Crippen LogP contribution in [0, 0.1) is 6.92 Å². The Kier molecular flexibility index (Phi) is 5.05. The van der Waals surface area contributed by atoms with Gasteiger partial charge in [0.15, 0.2) is 0 Å². The molecular weight excluding hydrogens is 444 g/mol. The quantitative estimate of drug-likeness (QED) is 0.252. The van der Waals surface area contributed by atoms with E-state index in [1.807, 2.05) is 31.2 Å². The SMILES string of the molecule is Cc1ccc2c(c1)Nc1cc3nc4ccccc4nc3c(S(=O)(=O)O)c1N2.O=S(=O)=O. The van der Waals surface area contributed by atoms with Crippen molar-refractivity contribution in [3.8, 4) is 0 Å². The van der Waals surface area contributed by atoms with E-state index >= 15 is 0 Å². The number of rotatable bonds is 1. The molecule has 0 amide bonds. The summed E-state index contributed by atoms with van der Waals surface area (Å²) < 4.78 is 59.8. The maximum Gasteiger partial charge on any atom is 0.425 e. The molecular formula is C19H14N4O6S2. The lowest BCUT2D eigenvalue weighted by molar-refractivity contribution is 0.484. The molecule has 0 spiro atoms. The topological polar surface area (TPSA) is 155 Å². The zero-order valence-electron chi connectivity index (χ0n) is 15.8. The third-order valence-corrected chi connectivity index (χ3v) is 5.47. The number of anilines is 4. The Morgan fingerprint density at radius 1 is 0.839 bits per heavy atom. The van der Waals surface area contributed by atoms with E-state index in [2.05, 4.69) is 20.6 Å². The number of nitrogens with one attached hydrogen (secondary N) is 2. The number of benzene rings is 3. The van der Waals surface area contributed by atoms with Crippen molar-refractivity contribution < 1.29 is 25.6 Å². The van der Waals surface area contributed by atoms with Crippen molar-refractivity contribution in [3.63, 3.8) is 0 Å². The van der Waals surface area contributed by atoms with Crippen LogP contribution in [0.25, 0.3) is 22.1 Å². The summed E-state index contributed by atoms with van der Waals surface area (Å²) in [5.41, 5.74) is 5.06. The van der Waals surface area contributed by atoms with Gasteiger partial charge in [0.1, 0.15) is 10.4 Å². The highest BCUT2D eigenvalue weighted by molar-refractivity contribution is 7.86. The third kappa shape index (κ3) is 4.03. The van der Waals surface area contributed by atoms with Gasteiger partial charge in [-0.15, -0.1) is 12.6 Å². The molecule has 0 unspecified atom stereocenters. The van der Waals surface area contributed by atoms with Crippen molar-refractivity contribution >= 4 is 65.5 Å². The van der Waals surface area contributed by atoms with Crippen molar-refractivity contribution in [1.82, 2.24) is 9.97 Å². The minimum absolute atomic E-state index is 0.125. The zero-order valence-corrected chi connectivity index (χ0v) is 17.5. The minimum atomic E-state index is -4.56. The van der Waals surface area contributed by atoms with E-state index in [1.54, 1.807) is 24.3 Å². The van der Waals surface area contributed by atoms with Gasteiger partial charge in [-0.05, 0) is 42.8 Å². The Balaban J connectivity index is 0.000000535. The second-order valence-corrected chi connectivity index (χ2v) is 8.45. The summed E-state index contributed by atoms with van der Waals surface area (Å²) in [6.45, 7) is 1.97. The van der Waals surface area contributed by atoms with E-state index in [9.17, 15) is 13.0 Å². The number of hydrogen-bond donors (Lipinski definition) is 3. The summed E-state index contributed by atoms with van der Waals surface area (Å²) in [7, 11) is -7.67. The summed E-state index contributed by atoms with van der Waals surface area (Å²) in [6, 6.07) is 14.6. The third-order valence-electron chi connectivity index (χ3n) is 4.55. The van der Waals surface area contributed by atoms with Gasteiger partial charge in [0.25, 0.3) is 10.1 Å². The van der Waals surface area contributed by atoms with Crippen LogP contribution in [0.1, 0.15) is 5.56 Å². The Labute approximate surface area is 177 Å². The molecule has 10 nitrogen and oxygen atoms in total. The van der Waals surface area contributed by atoms with Gasteiger partial charge < -0.3 is 10.6 Å². The average Bonchev–Trinajstić information content (AvgIpc) is 2.67. The Hall–Kier alpha value is -3.61. The predicted octanol–water partition coefficient (Wildman–Crippen LogP) is 3.13. The average molecular weight is 458 g/mol. The predicted molar refractivity (Wildman–Crippen MR) is 114 cm³/mol. The summed E-state index contributed by atoms with van der Waals surface area (Å²) in [5.74, 6) is 0. The molecule has 0 radical (unpaired) electrons. The zero-order chi connectivity index (χ0) is 22.3. The van der Waals surface area contributed by atoms with Gasteiger partial charge in [0.05, 0.1) is 39.3 Å². The Bertz CT molecular complexity index is 1580. The molecule has 1 aliphatic rings. The lowest BCUT2D eigenvalue weighted by Gasteiger charge is -2.25. The first kappa shape index (κ1) is 20.7. The van der Waals surface area contributed by atoms with Crippen LogP contribution in [0.5, 0.6) is 0 Å². The highest BCUT2D eigenvalue weighted by Gasteiger charge is 2.28. The molecule has 0 atom stereocenters. The molecule has 3 N–H and O–H groups in total. The molecule has 12 heteroatoms. The number of para-hydroxylation sites is 2. The number of aromatic nitrogens is 2. The molecule has 0 saturated heterocycles. The van der Waals surface area contributed by atoms with Crippen LogP contribution in [0.2, 0.25) is 0 Å². The molecule has 2 heterocycles. The van der Waals surface area contributed by atoms with Gasteiger partial charge >= 0.3 is 10.6 Å². The standard InChI is InChI=1S/C19H14N4O3S.O3S/c1-10-6-7-13-14(8-10)21-16-9-15-17(19(18(16)23-13)27(24,25)26)22-12-5-3-2-4-11(12)20-15;1-4(2)3/h2-9,21,23H,1H3,(H,24,25,26);. The van der Waals surface area contributed by atoms with Crippen LogP contribution < -0.4 is 10.6 Å². The molecule has 0 saturated carbocycles. The molecule has 4 aromatic rings. The second-order valence-electron chi connectivity index (χ2n) is 6.69. The summed E-state index contributed by atoms with van der Waals surface area (Å²) in [4.78, 5) is 8.70. The molecule has 158 valence electrons. The molecule has 0 aliphatic carbocycles. The summed E-state index contributed by atoms with van der Waals surface area (Å²) in [6.07, 6.45) is 0. The van der Waals surface area contributed by atoms with E-state index in [1.165, 1.54) is 0 Å². The fraction of sp³-hybridized carbons (Fsp3) is 0.0526. The smallest absolute Gasteiger partial charge is 0.352 e. The van der Waals surface area contributed by atoms with Crippen molar-refractivity contribution in [1.29, 1.82) is 0 Å². The molecule has 0 fully saturated rings. The number of hydrogen-bond acceptors (Lipinski definition) is 9.